The van der Waals surface area contributed by atoms with E-state index in [0.717, 1.165) is 18.5 Å². The summed E-state index contributed by atoms with van der Waals surface area (Å²) in [7, 11) is -3.78. The molecule has 0 bridgehead atoms. The highest BCUT2D eigenvalue weighted by molar-refractivity contribution is 7.89. The molecule has 3 aromatic rings. The molecule has 148 valence electrons. The number of amides is 1. The van der Waals surface area contributed by atoms with Gasteiger partial charge in [0.25, 0.3) is 5.91 Å². The summed E-state index contributed by atoms with van der Waals surface area (Å²) in [4.78, 5) is 14.9. The van der Waals surface area contributed by atoms with E-state index in [-0.39, 0.29) is 23.4 Å². The summed E-state index contributed by atoms with van der Waals surface area (Å²) in [6.07, 6.45) is 8.60. The lowest BCUT2D eigenvalue weighted by molar-refractivity contribution is 0.0729. The molecular formula is C20H19N5O3S. The normalized spacial score (nSPS) is 16.8. The maximum Gasteiger partial charge on any atom is 0.254 e. The molecular weight excluding hydrogens is 390 g/mol. The number of aromatic nitrogens is 3. The molecule has 1 saturated heterocycles. The first-order chi connectivity index (χ1) is 14.0. The topological polar surface area (TPSA) is 96.7 Å². The minimum atomic E-state index is -3.78. The van der Waals surface area contributed by atoms with E-state index in [9.17, 15) is 13.2 Å². The smallest absolute Gasteiger partial charge is 0.254 e. The molecule has 1 atom stereocenters. The van der Waals surface area contributed by atoms with Gasteiger partial charge in [0.2, 0.25) is 10.0 Å². The van der Waals surface area contributed by atoms with E-state index >= 15 is 0 Å². The van der Waals surface area contributed by atoms with Crippen LogP contribution in [0.1, 0.15) is 35.1 Å². The van der Waals surface area contributed by atoms with Gasteiger partial charge in [0.05, 0.1) is 17.5 Å². The lowest BCUT2D eigenvalue weighted by atomic mass is 10.1. The van der Waals surface area contributed by atoms with Crippen LogP contribution in [0.4, 0.5) is 0 Å². The zero-order chi connectivity index (χ0) is 20.4. The quantitative estimate of drug-likeness (QED) is 0.646. The van der Waals surface area contributed by atoms with E-state index in [1.54, 1.807) is 17.0 Å². The fourth-order valence-electron chi connectivity index (χ4n) is 3.55. The van der Waals surface area contributed by atoms with Gasteiger partial charge >= 0.3 is 0 Å². The second kappa shape index (κ2) is 7.66. The van der Waals surface area contributed by atoms with Crippen LogP contribution in [0.15, 0.2) is 53.6 Å². The Bertz CT molecular complexity index is 1210. The van der Waals surface area contributed by atoms with Crippen molar-refractivity contribution in [1.82, 2.24) is 24.2 Å². The maximum absolute atomic E-state index is 13.2. The molecule has 0 radical (unpaired) electrons. The number of carbonyl (C=O) groups is 1. The molecule has 4 rings (SSSR count). The van der Waals surface area contributed by atoms with E-state index < -0.39 is 10.0 Å². The third-order valence-electron chi connectivity index (χ3n) is 4.91. The first-order valence-electron chi connectivity index (χ1n) is 9.15. The zero-order valence-electron chi connectivity index (χ0n) is 15.5. The SMILES string of the molecule is C#CCNS(=O)(=O)c1cccc(C(=O)N2CCC[C@H]2c2nnc3ccccn23)c1. The summed E-state index contributed by atoms with van der Waals surface area (Å²) < 4.78 is 28.8. The number of carbonyl (C=O) groups excluding carboxylic acids is 1. The number of benzene rings is 1. The Labute approximate surface area is 168 Å². The number of nitrogens with zero attached hydrogens (tertiary/aromatic N) is 4. The van der Waals surface area contributed by atoms with Crippen molar-refractivity contribution in [3.8, 4) is 12.3 Å². The number of sulfonamides is 1. The zero-order valence-corrected chi connectivity index (χ0v) is 16.3. The summed E-state index contributed by atoms with van der Waals surface area (Å²) in [6.45, 7) is 0.451. The highest BCUT2D eigenvalue weighted by Crippen LogP contribution is 2.32. The third-order valence-corrected chi connectivity index (χ3v) is 6.31. The van der Waals surface area contributed by atoms with Crippen LogP contribution in [0.2, 0.25) is 0 Å². The van der Waals surface area contributed by atoms with E-state index in [4.69, 9.17) is 6.42 Å². The minimum absolute atomic E-state index is 0.00211. The fraction of sp³-hybridized carbons (Fsp3) is 0.250. The molecule has 1 amide bonds. The van der Waals surface area contributed by atoms with Crippen LogP contribution in [0, 0.1) is 12.3 Å². The van der Waals surface area contributed by atoms with Gasteiger partial charge in [-0.15, -0.1) is 16.6 Å². The Morgan fingerprint density at radius 2 is 2.10 bits per heavy atom. The number of terminal acetylenes is 1. The van der Waals surface area contributed by atoms with Crippen LogP contribution in [0.3, 0.4) is 0 Å². The summed E-state index contributed by atoms with van der Waals surface area (Å²) in [5, 5.41) is 8.46. The monoisotopic (exact) mass is 409 g/mol. The average Bonchev–Trinajstić information content (AvgIpc) is 3.38. The van der Waals surface area contributed by atoms with E-state index in [1.807, 2.05) is 28.8 Å². The first-order valence-corrected chi connectivity index (χ1v) is 10.6. The molecule has 0 aliphatic carbocycles. The molecule has 2 aromatic heterocycles. The number of pyridine rings is 1. The van der Waals surface area contributed by atoms with Gasteiger partial charge in [-0.05, 0) is 43.2 Å². The fourth-order valence-corrected chi connectivity index (χ4v) is 4.53. The highest BCUT2D eigenvalue weighted by atomic mass is 32.2. The summed E-state index contributed by atoms with van der Waals surface area (Å²) in [5.74, 6) is 2.69. The van der Waals surface area contributed by atoms with Crippen LogP contribution >= 0.6 is 0 Å². The standard InChI is InChI=1S/C20H19N5O3S/c1-2-11-21-29(27,28)16-8-5-7-15(14-16)20(26)24-13-6-9-17(24)19-23-22-18-10-3-4-12-25(18)19/h1,3-5,7-8,10,12,14,17,21H,6,9,11,13H2/t17-/m0/s1. The second-order valence-corrected chi connectivity index (χ2v) is 8.47. The van der Waals surface area contributed by atoms with Crippen molar-refractivity contribution >= 4 is 21.6 Å². The van der Waals surface area contributed by atoms with Crippen molar-refractivity contribution in [2.45, 2.75) is 23.8 Å². The van der Waals surface area contributed by atoms with Crippen LogP contribution in [-0.2, 0) is 10.0 Å². The molecule has 1 aliphatic rings. The molecule has 1 aliphatic heterocycles. The maximum atomic E-state index is 13.2. The van der Waals surface area contributed by atoms with Crippen LogP contribution in [-0.4, -0.2) is 46.9 Å². The van der Waals surface area contributed by atoms with Crippen LogP contribution in [0.25, 0.3) is 5.65 Å². The van der Waals surface area contributed by atoms with Crippen molar-refractivity contribution in [3.63, 3.8) is 0 Å². The highest BCUT2D eigenvalue weighted by Gasteiger charge is 2.34. The Balaban J connectivity index is 1.64. The molecule has 9 heteroatoms. The number of likely N-dealkylation sites (tertiary alicyclic amines) is 1. The van der Waals surface area contributed by atoms with Crippen molar-refractivity contribution in [1.29, 1.82) is 0 Å². The predicted octanol–water partition coefficient (Wildman–Crippen LogP) is 1.62. The van der Waals surface area contributed by atoms with E-state index in [2.05, 4.69) is 20.8 Å². The Hall–Kier alpha value is -3.22. The Morgan fingerprint density at radius 1 is 1.24 bits per heavy atom. The van der Waals surface area contributed by atoms with Gasteiger partial charge in [0.1, 0.15) is 0 Å². The van der Waals surface area contributed by atoms with Crippen molar-refractivity contribution in [2.24, 2.45) is 0 Å². The van der Waals surface area contributed by atoms with Gasteiger partial charge < -0.3 is 4.90 Å². The van der Waals surface area contributed by atoms with Crippen LogP contribution < -0.4 is 4.72 Å². The molecule has 3 heterocycles. The summed E-state index contributed by atoms with van der Waals surface area (Å²) >= 11 is 0. The van der Waals surface area contributed by atoms with E-state index in [1.165, 1.54) is 12.1 Å². The number of nitrogens with one attached hydrogen (secondary N) is 1. The summed E-state index contributed by atoms with van der Waals surface area (Å²) in [6, 6.07) is 11.4. The molecule has 1 aromatic carbocycles. The van der Waals surface area contributed by atoms with Crippen LogP contribution in [0.5, 0.6) is 0 Å². The van der Waals surface area contributed by atoms with Gasteiger partial charge in [-0.1, -0.05) is 18.1 Å². The predicted molar refractivity (Wildman–Crippen MR) is 106 cm³/mol. The van der Waals surface area contributed by atoms with Crippen molar-refractivity contribution in [2.75, 3.05) is 13.1 Å². The molecule has 8 nitrogen and oxygen atoms in total. The van der Waals surface area contributed by atoms with Crippen molar-refractivity contribution in [3.05, 3.63) is 60.0 Å². The Kier molecular flexibility index (Phi) is 5.05. The first kappa shape index (κ1) is 19.1. The molecule has 1 N–H and O–H groups in total. The lowest BCUT2D eigenvalue weighted by Crippen LogP contribution is -2.32. The molecule has 1 fully saturated rings. The van der Waals surface area contributed by atoms with Gasteiger partial charge in [0.15, 0.2) is 11.5 Å². The molecule has 29 heavy (non-hydrogen) atoms. The summed E-state index contributed by atoms with van der Waals surface area (Å²) in [5.41, 5.74) is 1.02. The molecule has 0 unspecified atom stereocenters. The number of hydrogen-bond donors (Lipinski definition) is 1. The van der Waals surface area contributed by atoms with E-state index in [0.29, 0.717) is 17.9 Å². The number of rotatable bonds is 5. The molecule has 0 saturated carbocycles. The number of fused-ring (bicyclic) bond motifs is 1. The van der Waals surface area contributed by atoms with Gasteiger partial charge in [-0.25, -0.2) is 8.42 Å². The lowest BCUT2D eigenvalue weighted by Gasteiger charge is -2.23. The van der Waals surface area contributed by atoms with Crippen molar-refractivity contribution < 1.29 is 13.2 Å². The number of hydrogen-bond acceptors (Lipinski definition) is 5. The minimum Gasteiger partial charge on any atom is -0.328 e. The Morgan fingerprint density at radius 3 is 2.93 bits per heavy atom. The van der Waals surface area contributed by atoms with Gasteiger partial charge in [-0.2, -0.15) is 4.72 Å². The largest absolute Gasteiger partial charge is 0.328 e. The van der Waals surface area contributed by atoms with Gasteiger partial charge in [0, 0.05) is 18.3 Å². The average molecular weight is 409 g/mol. The molecule has 0 spiro atoms. The third kappa shape index (κ3) is 3.60. The second-order valence-electron chi connectivity index (χ2n) is 6.70. The van der Waals surface area contributed by atoms with Gasteiger partial charge in [-0.3, -0.25) is 9.20 Å².